The molecule has 0 amide bonds. The molecule has 5 aromatic carbocycles. The van der Waals surface area contributed by atoms with Crippen LogP contribution in [0.5, 0.6) is 5.75 Å². The standard InChI is InChI=1S/C26H22O3S.C18H15BrO2S/c1-2-28-26(27)21-7-3-5-18(15-21)23-8-4-6-20-16-22(30-25(20)23)14-17-9-10-24-19(13-17)11-12-29-24;1-2-21-18(20)14-7-3-5-12(9-14)16-8-4-6-13-10-15(11-19)22-17(13)16/h3-10,13,15-16H,2,11-12,14H2,1H3;3-10H,2,11H2,1H3. The molecule has 3 heterocycles. The number of thiophene rings is 2. The monoisotopic (exact) mass is 788 g/mol. The van der Waals surface area contributed by atoms with Crippen LogP contribution in [0.3, 0.4) is 0 Å². The van der Waals surface area contributed by atoms with Gasteiger partial charge in [-0.15, -0.1) is 22.7 Å². The number of fused-ring (bicyclic) bond motifs is 3. The topological polar surface area (TPSA) is 61.8 Å². The lowest BCUT2D eigenvalue weighted by Gasteiger charge is -2.06. The third kappa shape index (κ3) is 7.84. The first-order chi connectivity index (χ1) is 25.4. The highest BCUT2D eigenvalue weighted by Crippen LogP contribution is 2.38. The Balaban J connectivity index is 0.000000170. The molecule has 8 heteroatoms. The Morgan fingerprint density at radius 1 is 0.673 bits per heavy atom. The molecule has 0 atom stereocenters. The van der Waals surface area contributed by atoms with E-state index in [9.17, 15) is 9.59 Å². The van der Waals surface area contributed by atoms with Gasteiger partial charge in [-0.3, -0.25) is 0 Å². The van der Waals surface area contributed by atoms with Crippen molar-refractivity contribution in [1.82, 2.24) is 0 Å². The summed E-state index contributed by atoms with van der Waals surface area (Å²) < 4.78 is 18.4. The molecule has 7 aromatic rings. The molecular formula is C44H37BrO5S2. The number of hydrogen-bond donors (Lipinski definition) is 0. The summed E-state index contributed by atoms with van der Waals surface area (Å²) >= 11 is 7.12. The van der Waals surface area contributed by atoms with E-state index in [0.29, 0.717) is 24.3 Å². The van der Waals surface area contributed by atoms with Crippen LogP contribution in [0.15, 0.2) is 115 Å². The van der Waals surface area contributed by atoms with E-state index in [2.05, 4.69) is 88.7 Å². The summed E-state index contributed by atoms with van der Waals surface area (Å²) in [5, 5.41) is 3.33. The van der Waals surface area contributed by atoms with Gasteiger partial charge in [0.1, 0.15) is 5.75 Å². The van der Waals surface area contributed by atoms with E-state index in [1.165, 1.54) is 41.1 Å². The van der Waals surface area contributed by atoms with Crippen molar-refractivity contribution in [3.05, 3.63) is 147 Å². The lowest BCUT2D eigenvalue weighted by atomic mass is 10.0. The maximum absolute atomic E-state index is 12.2. The maximum Gasteiger partial charge on any atom is 0.338 e. The zero-order chi connectivity index (χ0) is 36.0. The molecule has 0 N–H and O–H groups in total. The number of carbonyl (C=O) groups is 2. The average molecular weight is 790 g/mol. The molecule has 2 aromatic heterocycles. The van der Waals surface area contributed by atoms with Crippen LogP contribution in [0, 0.1) is 0 Å². The molecule has 262 valence electrons. The second kappa shape index (κ2) is 16.3. The first-order valence-electron chi connectivity index (χ1n) is 17.3. The smallest absolute Gasteiger partial charge is 0.338 e. The molecule has 0 aliphatic carbocycles. The van der Waals surface area contributed by atoms with E-state index < -0.39 is 0 Å². The Kier molecular flexibility index (Phi) is 11.2. The van der Waals surface area contributed by atoms with Gasteiger partial charge in [0.05, 0.1) is 30.9 Å². The molecule has 0 saturated carbocycles. The van der Waals surface area contributed by atoms with Gasteiger partial charge >= 0.3 is 11.9 Å². The Morgan fingerprint density at radius 2 is 1.23 bits per heavy atom. The SMILES string of the molecule is CCOC(=O)c1cccc(-c2cccc3cc(CBr)sc23)c1.CCOC(=O)c1cccc(-c2cccc3cc(Cc4ccc5c(c4)CCO5)sc23)c1. The van der Waals surface area contributed by atoms with Gasteiger partial charge in [0.2, 0.25) is 0 Å². The first-order valence-corrected chi connectivity index (χ1v) is 20.1. The molecule has 52 heavy (non-hydrogen) atoms. The van der Waals surface area contributed by atoms with E-state index in [0.717, 1.165) is 52.8 Å². The van der Waals surface area contributed by atoms with E-state index in [-0.39, 0.29) is 11.9 Å². The number of benzene rings is 5. The molecule has 8 rings (SSSR count). The van der Waals surface area contributed by atoms with Gasteiger partial charge in [-0.05, 0) is 100 Å². The Bertz CT molecular complexity index is 2390. The predicted molar refractivity (Wildman–Crippen MR) is 218 cm³/mol. The van der Waals surface area contributed by atoms with Gasteiger partial charge in [0.15, 0.2) is 0 Å². The molecule has 0 saturated heterocycles. The highest BCUT2D eigenvalue weighted by Gasteiger charge is 2.15. The minimum absolute atomic E-state index is 0.274. The number of hydrogen-bond acceptors (Lipinski definition) is 7. The van der Waals surface area contributed by atoms with Crippen LogP contribution < -0.4 is 4.74 Å². The van der Waals surface area contributed by atoms with E-state index in [1.54, 1.807) is 23.5 Å². The number of halogens is 1. The second-order valence-corrected chi connectivity index (χ2v) is 15.2. The fraction of sp³-hybridized carbons (Fsp3) is 0.182. The zero-order valence-electron chi connectivity index (χ0n) is 28.9. The lowest BCUT2D eigenvalue weighted by Crippen LogP contribution is -2.04. The van der Waals surface area contributed by atoms with Crippen LogP contribution in [0.25, 0.3) is 42.4 Å². The number of ether oxygens (including phenoxy) is 3. The minimum Gasteiger partial charge on any atom is -0.493 e. The van der Waals surface area contributed by atoms with Crippen LogP contribution in [0.2, 0.25) is 0 Å². The van der Waals surface area contributed by atoms with Crippen LogP contribution >= 0.6 is 38.6 Å². The van der Waals surface area contributed by atoms with Crippen molar-refractivity contribution in [3.63, 3.8) is 0 Å². The largest absolute Gasteiger partial charge is 0.493 e. The van der Waals surface area contributed by atoms with E-state index in [4.69, 9.17) is 14.2 Å². The number of esters is 2. The Hall–Kier alpha value is -4.76. The van der Waals surface area contributed by atoms with Gasteiger partial charge in [0, 0.05) is 37.3 Å². The van der Waals surface area contributed by atoms with Crippen molar-refractivity contribution in [2.75, 3.05) is 19.8 Å². The predicted octanol–water partition coefficient (Wildman–Crippen LogP) is 11.9. The molecule has 1 aliphatic heterocycles. The van der Waals surface area contributed by atoms with Gasteiger partial charge in [-0.25, -0.2) is 9.59 Å². The zero-order valence-corrected chi connectivity index (χ0v) is 32.2. The number of carbonyl (C=O) groups excluding carboxylic acids is 2. The number of rotatable bonds is 9. The highest BCUT2D eigenvalue weighted by atomic mass is 79.9. The molecule has 0 fully saturated rings. The number of alkyl halides is 1. The van der Waals surface area contributed by atoms with E-state index in [1.807, 2.05) is 55.5 Å². The van der Waals surface area contributed by atoms with Crippen molar-refractivity contribution in [1.29, 1.82) is 0 Å². The molecule has 0 unspecified atom stereocenters. The van der Waals surface area contributed by atoms with Crippen molar-refractivity contribution in [3.8, 4) is 28.0 Å². The summed E-state index contributed by atoms with van der Waals surface area (Å²) in [5.41, 5.74) is 8.19. The second-order valence-electron chi connectivity index (χ2n) is 12.3. The van der Waals surface area contributed by atoms with Crippen molar-refractivity contribution in [2.45, 2.75) is 32.0 Å². The summed E-state index contributed by atoms with van der Waals surface area (Å²) in [6.07, 6.45) is 1.91. The summed E-state index contributed by atoms with van der Waals surface area (Å²) in [5.74, 6) is 0.474. The average Bonchev–Trinajstić information content (AvgIpc) is 3.93. The van der Waals surface area contributed by atoms with Crippen molar-refractivity contribution in [2.24, 2.45) is 0 Å². The van der Waals surface area contributed by atoms with Gasteiger partial charge in [-0.1, -0.05) is 88.7 Å². The minimum atomic E-state index is -0.279. The van der Waals surface area contributed by atoms with Crippen LogP contribution in [-0.2, 0) is 27.6 Å². The summed E-state index contributed by atoms with van der Waals surface area (Å²) in [4.78, 5) is 26.7. The Morgan fingerprint density at radius 3 is 1.81 bits per heavy atom. The fourth-order valence-electron chi connectivity index (χ4n) is 6.45. The quantitative estimate of drug-likeness (QED) is 0.108. The third-order valence-electron chi connectivity index (χ3n) is 8.82. The molecule has 0 radical (unpaired) electrons. The third-order valence-corrected chi connectivity index (χ3v) is 12.2. The molecule has 1 aliphatic rings. The maximum atomic E-state index is 12.2. The fourth-order valence-corrected chi connectivity index (χ4v) is 9.22. The normalized spacial score (nSPS) is 11.8. The molecule has 0 bridgehead atoms. The van der Waals surface area contributed by atoms with Crippen molar-refractivity contribution < 1.29 is 23.8 Å². The molecule has 0 spiro atoms. The van der Waals surface area contributed by atoms with Gasteiger partial charge in [-0.2, -0.15) is 0 Å². The van der Waals surface area contributed by atoms with Crippen LogP contribution in [0.4, 0.5) is 0 Å². The van der Waals surface area contributed by atoms with Crippen LogP contribution in [0.1, 0.15) is 55.4 Å². The molecule has 5 nitrogen and oxygen atoms in total. The van der Waals surface area contributed by atoms with Gasteiger partial charge < -0.3 is 14.2 Å². The van der Waals surface area contributed by atoms with E-state index >= 15 is 0 Å². The van der Waals surface area contributed by atoms with Crippen LogP contribution in [-0.4, -0.2) is 31.8 Å². The summed E-state index contributed by atoms with van der Waals surface area (Å²) in [6, 6.07) is 39.0. The molecular weight excluding hydrogens is 753 g/mol. The summed E-state index contributed by atoms with van der Waals surface area (Å²) in [6.45, 7) is 5.19. The van der Waals surface area contributed by atoms with Gasteiger partial charge in [0.25, 0.3) is 0 Å². The highest BCUT2D eigenvalue weighted by molar-refractivity contribution is 9.08. The lowest BCUT2D eigenvalue weighted by molar-refractivity contribution is 0.0517. The first kappa shape index (κ1) is 35.6. The van der Waals surface area contributed by atoms with Crippen molar-refractivity contribution >= 4 is 70.7 Å². The Labute approximate surface area is 319 Å². The summed E-state index contributed by atoms with van der Waals surface area (Å²) in [7, 11) is 0.